The number of carbonyl (C=O) groups excluding carboxylic acids is 2. The molecule has 0 aromatic heterocycles. The van der Waals surface area contributed by atoms with Crippen molar-refractivity contribution >= 4 is 11.7 Å². The molecule has 0 aliphatic heterocycles. The second kappa shape index (κ2) is 5.67. The number of hydrogen-bond acceptors (Lipinski definition) is 3. The second-order valence-corrected chi connectivity index (χ2v) is 4.50. The molecule has 18 heavy (non-hydrogen) atoms. The van der Waals surface area contributed by atoms with Crippen LogP contribution in [-0.2, 0) is 4.79 Å². The Morgan fingerprint density at radius 3 is 2.44 bits per heavy atom. The van der Waals surface area contributed by atoms with Crippen LogP contribution in [0.25, 0.3) is 0 Å². The van der Waals surface area contributed by atoms with Crippen LogP contribution in [0.15, 0.2) is 24.3 Å². The Morgan fingerprint density at radius 2 is 1.94 bits per heavy atom. The van der Waals surface area contributed by atoms with E-state index in [0.717, 1.165) is 19.3 Å². The molecule has 4 nitrogen and oxygen atoms in total. The summed E-state index contributed by atoms with van der Waals surface area (Å²) < 4.78 is 5.02. The van der Waals surface area contributed by atoms with Gasteiger partial charge in [-0.15, -0.1) is 0 Å². The number of ether oxygens (including phenoxy) is 1. The topological polar surface area (TPSA) is 55.4 Å². The lowest BCUT2D eigenvalue weighted by Gasteiger charge is -2.23. The van der Waals surface area contributed by atoms with Crippen LogP contribution in [0.1, 0.15) is 29.6 Å². The van der Waals surface area contributed by atoms with Crippen molar-refractivity contribution in [1.82, 2.24) is 5.32 Å². The van der Waals surface area contributed by atoms with Crippen LogP contribution in [0.5, 0.6) is 5.75 Å². The Bertz CT molecular complexity index is 435. The molecule has 4 heteroatoms. The molecular weight excluding hydrogens is 230 g/mol. The quantitative estimate of drug-likeness (QED) is 0.807. The molecule has 0 bridgehead atoms. The van der Waals surface area contributed by atoms with Crippen LogP contribution in [0, 0.1) is 5.92 Å². The molecule has 2 rings (SSSR count). The van der Waals surface area contributed by atoms with E-state index in [0.29, 0.717) is 11.3 Å². The minimum absolute atomic E-state index is 0.00288. The Morgan fingerprint density at radius 1 is 1.28 bits per heavy atom. The van der Waals surface area contributed by atoms with Crippen molar-refractivity contribution < 1.29 is 14.3 Å². The number of amides is 1. The van der Waals surface area contributed by atoms with E-state index >= 15 is 0 Å². The number of nitrogens with one attached hydrogen (secondary N) is 1. The Balaban J connectivity index is 1.84. The number of Topliss-reactive ketones (excluding diaryl/α,β-unsaturated/α-hetero) is 1. The van der Waals surface area contributed by atoms with Crippen LogP contribution in [-0.4, -0.2) is 25.3 Å². The minimum atomic E-state index is -0.0784. The van der Waals surface area contributed by atoms with Gasteiger partial charge in [0.25, 0.3) is 0 Å². The molecule has 0 saturated heterocycles. The van der Waals surface area contributed by atoms with E-state index in [9.17, 15) is 9.59 Å². The SMILES string of the molecule is COc1ccc(C(=O)CNC(=O)C2CCC2)cc1. The van der Waals surface area contributed by atoms with E-state index in [4.69, 9.17) is 4.74 Å². The molecule has 1 saturated carbocycles. The summed E-state index contributed by atoms with van der Waals surface area (Å²) in [5.41, 5.74) is 0.588. The molecule has 0 heterocycles. The van der Waals surface area contributed by atoms with Gasteiger partial charge < -0.3 is 10.1 Å². The fraction of sp³-hybridized carbons (Fsp3) is 0.429. The first-order valence-electron chi connectivity index (χ1n) is 6.15. The van der Waals surface area contributed by atoms with E-state index in [2.05, 4.69) is 5.32 Å². The van der Waals surface area contributed by atoms with E-state index < -0.39 is 0 Å². The highest BCUT2D eigenvalue weighted by Crippen LogP contribution is 2.26. The van der Waals surface area contributed by atoms with Crippen molar-refractivity contribution in [2.24, 2.45) is 5.92 Å². The molecule has 0 radical (unpaired) electrons. The number of carbonyl (C=O) groups is 2. The zero-order valence-corrected chi connectivity index (χ0v) is 10.4. The number of hydrogen-bond donors (Lipinski definition) is 1. The summed E-state index contributed by atoms with van der Waals surface area (Å²) in [6, 6.07) is 6.88. The van der Waals surface area contributed by atoms with Gasteiger partial charge in [-0.3, -0.25) is 9.59 Å². The van der Waals surface area contributed by atoms with Crippen molar-refractivity contribution in [3.8, 4) is 5.75 Å². The summed E-state index contributed by atoms with van der Waals surface area (Å²) in [5, 5.41) is 2.69. The third-order valence-electron chi connectivity index (χ3n) is 3.31. The lowest BCUT2D eigenvalue weighted by atomic mass is 9.85. The average Bonchev–Trinajstić information content (AvgIpc) is 2.34. The highest BCUT2D eigenvalue weighted by atomic mass is 16.5. The maximum atomic E-state index is 11.8. The molecule has 1 fully saturated rings. The lowest BCUT2D eigenvalue weighted by molar-refractivity contribution is -0.127. The predicted molar refractivity (Wildman–Crippen MR) is 67.7 cm³/mol. The summed E-state index contributed by atoms with van der Waals surface area (Å²) in [4.78, 5) is 23.4. The molecule has 1 N–H and O–H groups in total. The summed E-state index contributed by atoms with van der Waals surface area (Å²) in [5.74, 6) is 0.757. The minimum Gasteiger partial charge on any atom is -0.497 e. The van der Waals surface area contributed by atoms with Gasteiger partial charge in [0.2, 0.25) is 5.91 Å². The number of rotatable bonds is 5. The van der Waals surface area contributed by atoms with E-state index in [1.807, 2.05) is 0 Å². The molecule has 96 valence electrons. The van der Waals surface area contributed by atoms with Gasteiger partial charge >= 0.3 is 0 Å². The molecule has 1 aliphatic carbocycles. The van der Waals surface area contributed by atoms with Crippen molar-refractivity contribution in [3.05, 3.63) is 29.8 Å². The van der Waals surface area contributed by atoms with Crippen molar-refractivity contribution in [2.75, 3.05) is 13.7 Å². The lowest BCUT2D eigenvalue weighted by Crippen LogP contribution is -2.37. The largest absolute Gasteiger partial charge is 0.497 e. The smallest absolute Gasteiger partial charge is 0.223 e. The van der Waals surface area contributed by atoms with Gasteiger partial charge in [0.15, 0.2) is 5.78 Å². The maximum absolute atomic E-state index is 11.8. The van der Waals surface area contributed by atoms with Crippen LogP contribution in [0.2, 0.25) is 0 Å². The zero-order chi connectivity index (χ0) is 13.0. The molecule has 0 atom stereocenters. The zero-order valence-electron chi connectivity index (χ0n) is 10.4. The van der Waals surface area contributed by atoms with E-state index in [1.54, 1.807) is 31.4 Å². The molecular formula is C14H17NO3. The number of ketones is 1. The summed E-state index contributed by atoms with van der Waals surface area (Å²) in [6.07, 6.45) is 3.01. The monoisotopic (exact) mass is 247 g/mol. The second-order valence-electron chi connectivity index (χ2n) is 4.50. The Labute approximate surface area is 106 Å². The fourth-order valence-electron chi connectivity index (χ4n) is 1.86. The molecule has 1 aromatic carbocycles. The summed E-state index contributed by atoms with van der Waals surface area (Å²) in [6.45, 7) is 0.0711. The Hall–Kier alpha value is -1.84. The maximum Gasteiger partial charge on any atom is 0.223 e. The first-order valence-corrected chi connectivity index (χ1v) is 6.15. The summed E-state index contributed by atoms with van der Waals surface area (Å²) in [7, 11) is 1.58. The van der Waals surface area contributed by atoms with Gasteiger partial charge in [0.1, 0.15) is 5.75 Å². The van der Waals surface area contributed by atoms with Crippen LogP contribution in [0.3, 0.4) is 0 Å². The molecule has 0 spiro atoms. The normalized spacial score (nSPS) is 14.7. The van der Waals surface area contributed by atoms with Gasteiger partial charge in [0.05, 0.1) is 13.7 Å². The first-order chi connectivity index (χ1) is 8.70. The molecule has 1 amide bonds. The van der Waals surface area contributed by atoms with E-state index in [1.165, 1.54) is 0 Å². The number of benzene rings is 1. The van der Waals surface area contributed by atoms with Crippen LogP contribution >= 0.6 is 0 Å². The fourth-order valence-corrected chi connectivity index (χ4v) is 1.86. The van der Waals surface area contributed by atoms with Gasteiger partial charge in [-0.2, -0.15) is 0 Å². The van der Waals surface area contributed by atoms with Gasteiger partial charge in [-0.1, -0.05) is 6.42 Å². The highest BCUT2D eigenvalue weighted by molar-refractivity contribution is 5.99. The first kappa shape index (κ1) is 12.6. The van der Waals surface area contributed by atoms with Gasteiger partial charge in [-0.25, -0.2) is 0 Å². The average molecular weight is 247 g/mol. The number of methoxy groups -OCH3 is 1. The van der Waals surface area contributed by atoms with Crippen molar-refractivity contribution in [3.63, 3.8) is 0 Å². The van der Waals surface area contributed by atoms with Crippen molar-refractivity contribution in [2.45, 2.75) is 19.3 Å². The van der Waals surface area contributed by atoms with Crippen molar-refractivity contribution in [1.29, 1.82) is 0 Å². The third-order valence-corrected chi connectivity index (χ3v) is 3.31. The Kier molecular flexibility index (Phi) is 3.97. The van der Waals surface area contributed by atoms with E-state index in [-0.39, 0.29) is 24.2 Å². The van der Waals surface area contributed by atoms with Crippen LogP contribution in [0.4, 0.5) is 0 Å². The summed E-state index contributed by atoms with van der Waals surface area (Å²) >= 11 is 0. The predicted octanol–water partition coefficient (Wildman–Crippen LogP) is 1.79. The highest BCUT2D eigenvalue weighted by Gasteiger charge is 2.25. The third kappa shape index (κ3) is 2.88. The van der Waals surface area contributed by atoms with Gasteiger partial charge in [0, 0.05) is 11.5 Å². The van der Waals surface area contributed by atoms with Crippen LogP contribution < -0.4 is 10.1 Å². The molecule has 1 aromatic rings. The molecule has 1 aliphatic rings. The van der Waals surface area contributed by atoms with Gasteiger partial charge in [-0.05, 0) is 37.1 Å². The standard InChI is InChI=1S/C14H17NO3/c1-18-12-7-5-10(6-8-12)13(16)9-15-14(17)11-3-2-4-11/h5-8,11H,2-4,9H2,1H3,(H,15,17). The molecule has 0 unspecified atom stereocenters.